The highest BCUT2D eigenvalue weighted by Crippen LogP contribution is 2.30. The SMILES string of the molecule is COCCC(=O)Oc1c(OC)ccnc1C(=O)NC1COC(=O)C(Cc2ccccc2)C(OC(=O)CCOC)C(C)OC1=O. The van der Waals surface area contributed by atoms with Gasteiger partial charge in [0, 0.05) is 26.5 Å². The molecular formula is C30H36N2O12. The molecule has 2 heterocycles. The van der Waals surface area contributed by atoms with Crippen molar-refractivity contribution in [2.45, 2.75) is 44.4 Å². The largest absolute Gasteiger partial charge is 0.493 e. The van der Waals surface area contributed by atoms with Crippen LogP contribution in [0, 0.1) is 5.92 Å². The first kappa shape index (κ1) is 33.9. The third-order valence-corrected chi connectivity index (χ3v) is 6.55. The Bertz CT molecular complexity index is 1300. The van der Waals surface area contributed by atoms with E-state index >= 15 is 0 Å². The van der Waals surface area contributed by atoms with Crippen LogP contribution < -0.4 is 14.8 Å². The number of ether oxygens (including phenoxy) is 7. The normalized spacial score (nSPS) is 20.2. The highest BCUT2D eigenvalue weighted by Gasteiger charge is 2.42. The Morgan fingerprint density at radius 2 is 1.64 bits per heavy atom. The maximum absolute atomic E-state index is 13.4. The third-order valence-electron chi connectivity index (χ3n) is 6.55. The van der Waals surface area contributed by atoms with E-state index < -0.39 is 60.6 Å². The minimum atomic E-state index is -1.49. The first-order valence-electron chi connectivity index (χ1n) is 13.8. The fourth-order valence-corrected chi connectivity index (χ4v) is 4.30. The van der Waals surface area contributed by atoms with Crippen LogP contribution in [0.2, 0.25) is 0 Å². The summed E-state index contributed by atoms with van der Waals surface area (Å²) in [5.41, 5.74) is 0.390. The van der Waals surface area contributed by atoms with Crippen molar-refractivity contribution in [1.29, 1.82) is 0 Å². The van der Waals surface area contributed by atoms with Gasteiger partial charge in [-0.2, -0.15) is 0 Å². The molecule has 2 aromatic rings. The number of benzene rings is 1. The summed E-state index contributed by atoms with van der Waals surface area (Å²) >= 11 is 0. The predicted octanol–water partition coefficient (Wildman–Crippen LogP) is 1.43. The zero-order valence-electron chi connectivity index (χ0n) is 24.9. The molecule has 3 rings (SSSR count). The summed E-state index contributed by atoms with van der Waals surface area (Å²) in [6.45, 7) is 1.04. The monoisotopic (exact) mass is 616 g/mol. The molecule has 0 spiro atoms. The summed E-state index contributed by atoms with van der Waals surface area (Å²) in [5, 5.41) is 2.43. The Balaban J connectivity index is 1.86. The number of nitrogens with one attached hydrogen (secondary N) is 1. The number of hydrogen-bond acceptors (Lipinski definition) is 13. The molecule has 1 saturated heterocycles. The maximum atomic E-state index is 13.4. The van der Waals surface area contributed by atoms with Gasteiger partial charge in [-0.05, 0) is 18.9 Å². The number of pyridine rings is 1. The second-order valence-corrected chi connectivity index (χ2v) is 9.70. The number of carbonyl (C=O) groups is 5. The summed E-state index contributed by atoms with van der Waals surface area (Å²) in [5.74, 6) is -5.32. The summed E-state index contributed by atoms with van der Waals surface area (Å²) in [4.78, 5) is 68.8. The molecule has 4 atom stereocenters. The van der Waals surface area contributed by atoms with Gasteiger partial charge < -0.3 is 38.5 Å². The van der Waals surface area contributed by atoms with E-state index in [1.165, 1.54) is 40.5 Å². The van der Waals surface area contributed by atoms with Crippen molar-refractivity contribution in [1.82, 2.24) is 10.3 Å². The summed E-state index contributed by atoms with van der Waals surface area (Å²) in [7, 11) is 4.15. The number of carbonyl (C=O) groups excluding carboxylic acids is 5. The van der Waals surface area contributed by atoms with Crippen LogP contribution in [0.4, 0.5) is 0 Å². The highest BCUT2D eigenvalue weighted by molar-refractivity contribution is 5.99. The van der Waals surface area contributed by atoms with Crippen LogP contribution in [-0.4, -0.2) is 94.2 Å². The number of rotatable bonds is 13. The molecule has 1 aromatic heterocycles. The molecule has 0 bridgehead atoms. The molecule has 14 nitrogen and oxygen atoms in total. The van der Waals surface area contributed by atoms with Gasteiger partial charge in [-0.3, -0.25) is 19.2 Å². The Morgan fingerprint density at radius 3 is 2.30 bits per heavy atom. The maximum Gasteiger partial charge on any atom is 0.332 e. The molecule has 4 unspecified atom stereocenters. The number of hydrogen-bond donors (Lipinski definition) is 1. The quantitative estimate of drug-likeness (QED) is 0.253. The average molecular weight is 617 g/mol. The van der Waals surface area contributed by atoms with E-state index in [1.807, 2.05) is 6.07 Å². The van der Waals surface area contributed by atoms with Crippen LogP contribution in [0.3, 0.4) is 0 Å². The van der Waals surface area contributed by atoms with Gasteiger partial charge in [0.05, 0.1) is 33.2 Å². The molecule has 1 aliphatic heterocycles. The van der Waals surface area contributed by atoms with Gasteiger partial charge in [0.2, 0.25) is 5.75 Å². The van der Waals surface area contributed by atoms with Gasteiger partial charge in [-0.1, -0.05) is 30.3 Å². The molecule has 0 radical (unpaired) electrons. The van der Waals surface area contributed by atoms with Crippen LogP contribution in [0.15, 0.2) is 42.6 Å². The summed E-state index contributed by atoms with van der Waals surface area (Å²) in [6, 6.07) is 8.89. The molecular weight excluding hydrogens is 580 g/mol. The molecule has 0 aliphatic carbocycles. The first-order chi connectivity index (χ1) is 21.2. The number of nitrogens with zero attached hydrogens (tertiary/aromatic N) is 1. The number of esters is 4. The molecule has 1 N–H and O–H groups in total. The van der Waals surface area contributed by atoms with Gasteiger partial charge in [-0.25, -0.2) is 9.78 Å². The van der Waals surface area contributed by atoms with E-state index in [2.05, 4.69) is 10.3 Å². The van der Waals surface area contributed by atoms with Crippen LogP contribution in [0.5, 0.6) is 11.5 Å². The van der Waals surface area contributed by atoms with E-state index in [0.29, 0.717) is 0 Å². The lowest BCUT2D eigenvalue weighted by Gasteiger charge is -2.29. The van der Waals surface area contributed by atoms with Crippen molar-refractivity contribution in [3.63, 3.8) is 0 Å². The zero-order valence-corrected chi connectivity index (χ0v) is 24.9. The highest BCUT2D eigenvalue weighted by atomic mass is 16.6. The van der Waals surface area contributed by atoms with Crippen LogP contribution in [0.25, 0.3) is 0 Å². The Labute approximate surface area is 254 Å². The van der Waals surface area contributed by atoms with Crippen molar-refractivity contribution in [3.8, 4) is 11.5 Å². The third kappa shape index (κ3) is 9.47. The van der Waals surface area contributed by atoms with Gasteiger partial charge in [-0.15, -0.1) is 0 Å². The second-order valence-electron chi connectivity index (χ2n) is 9.70. The molecule has 1 aromatic carbocycles. The molecule has 0 saturated carbocycles. The van der Waals surface area contributed by atoms with E-state index in [-0.39, 0.29) is 49.7 Å². The number of methoxy groups -OCH3 is 3. The van der Waals surface area contributed by atoms with Gasteiger partial charge in [0.25, 0.3) is 5.91 Å². The molecule has 14 heteroatoms. The van der Waals surface area contributed by atoms with E-state index in [0.717, 1.165) is 5.56 Å². The fraction of sp³-hybridized carbons (Fsp3) is 0.467. The Morgan fingerprint density at radius 1 is 0.955 bits per heavy atom. The topological polar surface area (TPSA) is 175 Å². The van der Waals surface area contributed by atoms with Crippen molar-refractivity contribution in [3.05, 3.63) is 53.9 Å². The van der Waals surface area contributed by atoms with E-state index in [9.17, 15) is 24.0 Å². The number of cyclic esters (lactones) is 2. The summed E-state index contributed by atoms with van der Waals surface area (Å²) < 4.78 is 37.1. The van der Waals surface area contributed by atoms with Crippen LogP contribution in [0.1, 0.15) is 35.8 Å². The fourth-order valence-electron chi connectivity index (χ4n) is 4.30. The molecule has 44 heavy (non-hydrogen) atoms. The van der Waals surface area contributed by atoms with Crippen molar-refractivity contribution in [2.75, 3.05) is 41.2 Å². The smallest absolute Gasteiger partial charge is 0.332 e. The lowest BCUT2D eigenvalue weighted by molar-refractivity contribution is -0.174. The summed E-state index contributed by atoms with van der Waals surface area (Å²) in [6.07, 6.45) is -1.15. The lowest BCUT2D eigenvalue weighted by atomic mass is 9.91. The standard InChI is InChI=1S/C30H36N2O12/c1-18-26(43-23(33)11-14-38-2)20(16-19-8-6-5-7-9-19)29(36)41-17-21(30(37)42-18)32-28(35)25-27(22(40-4)10-13-31-25)44-24(34)12-15-39-3/h5-10,13,18,20-21,26H,11-12,14-17H2,1-4H3,(H,32,35). The minimum absolute atomic E-state index is 0.0369. The molecule has 1 fully saturated rings. The van der Waals surface area contributed by atoms with Gasteiger partial charge >= 0.3 is 23.9 Å². The van der Waals surface area contributed by atoms with Crippen molar-refractivity contribution >= 4 is 29.8 Å². The van der Waals surface area contributed by atoms with Crippen molar-refractivity contribution in [2.24, 2.45) is 5.92 Å². The van der Waals surface area contributed by atoms with Crippen LogP contribution >= 0.6 is 0 Å². The molecule has 1 aliphatic rings. The zero-order chi connectivity index (χ0) is 32.1. The average Bonchev–Trinajstić information content (AvgIpc) is 3.05. The molecule has 238 valence electrons. The number of aromatic nitrogens is 1. The second kappa shape index (κ2) is 16.9. The van der Waals surface area contributed by atoms with E-state index in [1.54, 1.807) is 24.3 Å². The predicted molar refractivity (Wildman–Crippen MR) is 151 cm³/mol. The number of amides is 1. The van der Waals surface area contributed by atoms with Gasteiger partial charge in [0.1, 0.15) is 18.6 Å². The Kier molecular flexibility index (Phi) is 13.0. The minimum Gasteiger partial charge on any atom is -0.493 e. The lowest BCUT2D eigenvalue weighted by Crippen LogP contribution is -2.47. The van der Waals surface area contributed by atoms with Crippen LogP contribution in [-0.2, 0) is 49.3 Å². The molecule has 1 amide bonds. The van der Waals surface area contributed by atoms with Gasteiger partial charge in [0.15, 0.2) is 23.6 Å². The van der Waals surface area contributed by atoms with E-state index in [4.69, 9.17) is 33.2 Å². The van der Waals surface area contributed by atoms with Crippen molar-refractivity contribution < 1.29 is 57.1 Å². The first-order valence-corrected chi connectivity index (χ1v) is 13.8. The Hall–Kier alpha value is -4.56.